The molecule has 126 valence electrons. The molecule has 2 aromatic rings. The van der Waals surface area contributed by atoms with Crippen molar-refractivity contribution in [3.05, 3.63) is 36.2 Å². The van der Waals surface area contributed by atoms with Gasteiger partial charge in [-0.1, -0.05) is 19.0 Å². The SMILES string of the molecule is CCC(CC)c1cc(CNC(=NC)NCCn2ccnc2)on1. The number of imidazole rings is 1. The molecule has 0 aromatic carbocycles. The standard InChI is InChI=1S/C16H26N6O/c1-4-13(5-2)15-10-14(23-21-15)11-20-16(17-3)19-7-9-22-8-6-18-12-22/h6,8,10,12-13H,4-5,7,9,11H2,1-3H3,(H2,17,19,20). The first-order valence-corrected chi connectivity index (χ1v) is 8.12. The Morgan fingerprint density at radius 2 is 2.17 bits per heavy atom. The van der Waals surface area contributed by atoms with Gasteiger partial charge in [-0.05, 0) is 12.8 Å². The first-order valence-electron chi connectivity index (χ1n) is 8.12. The Kier molecular flexibility index (Phi) is 6.65. The van der Waals surface area contributed by atoms with E-state index in [1.54, 1.807) is 19.6 Å². The van der Waals surface area contributed by atoms with Crippen molar-refractivity contribution in [2.75, 3.05) is 13.6 Å². The zero-order chi connectivity index (χ0) is 16.5. The summed E-state index contributed by atoms with van der Waals surface area (Å²) in [6.45, 7) is 6.52. The quantitative estimate of drug-likeness (QED) is 0.576. The summed E-state index contributed by atoms with van der Waals surface area (Å²) in [4.78, 5) is 8.22. The molecule has 2 rings (SSSR count). The Hall–Kier alpha value is -2.31. The Labute approximate surface area is 137 Å². The van der Waals surface area contributed by atoms with Crippen LogP contribution in [-0.4, -0.2) is 34.3 Å². The molecule has 23 heavy (non-hydrogen) atoms. The lowest BCUT2D eigenvalue weighted by molar-refractivity contribution is 0.368. The van der Waals surface area contributed by atoms with Gasteiger partial charge in [-0.2, -0.15) is 0 Å². The van der Waals surface area contributed by atoms with Gasteiger partial charge in [0.15, 0.2) is 11.7 Å². The van der Waals surface area contributed by atoms with Gasteiger partial charge in [-0.15, -0.1) is 0 Å². The summed E-state index contributed by atoms with van der Waals surface area (Å²) in [6, 6.07) is 2.03. The Bertz CT molecular complexity index is 585. The minimum absolute atomic E-state index is 0.472. The summed E-state index contributed by atoms with van der Waals surface area (Å²) in [6.07, 6.45) is 7.66. The third-order valence-electron chi connectivity index (χ3n) is 3.86. The fourth-order valence-corrected chi connectivity index (χ4v) is 2.43. The highest BCUT2D eigenvalue weighted by molar-refractivity contribution is 5.79. The normalized spacial score (nSPS) is 11.9. The van der Waals surface area contributed by atoms with Gasteiger partial charge in [-0.3, -0.25) is 4.99 Å². The average molecular weight is 318 g/mol. The number of hydrogen-bond donors (Lipinski definition) is 2. The molecular formula is C16H26N6O. The summed E-state index contributed by atoms with van der Waals surface area (Å²) >= 11 is 0. The molecule has 0 fully saturated rings. The van der Waals surface area contributed by atoms with E-state index in [4.69, 9.17) is 4.52 Å². The maximum absolute atomic E-state index is 5.40. The number of guanidine groups is 1. The summed E-state index contributed by atoms with van der Waals surface area (Å²) in [5, 5.41) is 10.7. The lowest BCUT2D eigenvalue weighted by Gasteiger charge is -2.10. The van der Waals surface area contributed by atoms with Crippen LogP contribution in [0.25, 0.3) is 0 Å². The van der Waals surface area contributed by atoms with E-state index in [1.165, 1.54) is 0 Å². The van der Waals surface area contributed by atoms with Crippen LogP contribution in [-0.2, 0) is 13.1 Å². The first-order chi connectivity index (χ1) is 11.3. The van der Waals surface area contributed by atoms with Gasteiger partial charge < -0.3 is 19.7 Å². The molecular weight excluding hydrogens is 292 g/mol. The molecule has 0 aliphatic carbocycles. The zero-order valence-electron chi connectivity index (χ0n) is 14.1. The largest absolute Gasteiger partial charge is 0.359 e. The molecule has 0 radical (unpaired) electrons. The predicted octanol–water partition coefficient (Wildman–Crippen LogP) is 2.14. The van der Waals surface area contributed by atoms with Crippen molar-refractivity contribution in [2.24, 2.45) is 4.99 Å². The van der Waals surface area contributed by atoms with Crippen molar-refractivity contribution >= 4 is 5.96 Å². The Morgan fingerprint density at radius 3 is 2.83 bits per heavy atom. The maximum atomic E-state index is 5.40. The molecule has 0 saturated carbocycles. The van der Waals surface area contributed by atoms with E-state index in [-0.39, 0.29) is 0 Å². The fourth-order valence-electron chi connectivity index (χ4n) is 2.43. The highest BCUT2D eigenvalue weighted by atomic mass is 16.5. The van der Waals surface area contributed by atoms with Crippen LogP contribution in [0, 0.1) is 0 Å². The van der Waals surface area contributed by atoms with Crippen molar-refractivity contribution < 1.29 is 4.52 Å². The van der Waals surface area contributed by atoms with Crippen LogP contribution in [0.15, 0.2) is 34.3 Å². The van der Waals surface area contributed by atoms with Crippen LogP contribution >= 0.6 is 0 Å². The maximum Gasteiger partial charge on any atom is 0.191 e. The van der Waals surface area contributed by atoms with Crippen molar-refractivity contribution in [3.63, 3.8) is 0 Å². The Balaban J connectivity index is 1.76. The van der Waals surface area contributed by atoms with Gasteiger partial charge >= 0.3 is 0 Å². The molecule has 0 unspecified atom stereocenters. The average Bonchev–Trinajstić information content (AvgIpc) is 3.24. The third-order valence-corrected chi connectivity index (χ3v) is 3.86. The minimum atomic E-state index is 0.472. The predicted molar refractivity (Wildman–Crippen MR) is 90.3 cm³/mol. The molecule has 0 bridgehead atoms. The van der Waals surface area contributed by atoms with Gasteiger partial charge in [0.1, 0.15) is 0 Å². The smallest absolute Gasteiger partial charge is 0.191 e. The number of hydrogen-bond acceptors (Lipinski definition) is 4. The summed E-state index contributed by atoms with van der Waals surface area (Å²) < 4.78 is 7.41. The molecule has 0 amide bonds. The second-order valence-electron chi connectivity index (χ2n) is 5.38. The van der Waals surface area contributed by atoms with Gasteiger partial charge in [0.2, 0.25) is 0 Å². The van der Waals surface area contributed by atoms with Crippen molar-refractivity contribution in [3.8, 4) is 0 Å². The van der Waals surface area contributed by atoms with E-state index in [1.807, 2.05) is 16.8 Å². The number of nitrogens with zero attached hydrogens (tertiary/aromatic N) is 4. The van der Waals surface area contributed by atoms with Gasteiger partial charge in [-0.25, -0.2) is 4.98 Å². The summed E-state index contributed by atoms with van der Waals surface area (Å²) in [5.41, 5.74) is 1.04. The van der Waals surface area contributed by atoms with Gasteiger partial charge in [0, 0.05) is 44.5 Å². The summed E-state index contributed by atoms with van der Waals surface area (Å²) in [7, 11) is 1.75. The van der Waals surface area contributed by atoms with E-state index < -0.39 is 0 Å². The van der Waals surface area contributed by atoms with E-state index in [0.29, 0.717) is 12.5 Å². The third kappa shape index (κ3) is 5.12. The van der Waals surface area contributed by atoms with E-state index in [0.717, 1.165) is 43.3 Å². The second-order valence-corrected chi connectivity index (χ2v) is 5.38. The molecule has 7 heteroatoms. The van der Waals surface area contributed by atoms with Crippen LogP contribution in [0.5, 0.6) is 0 Å². The Morgan fingerprint density at radius 1 is 1.35 bits per heavy atom. The molecule has 7 nitrogen and oxygen atoms in total. The molecule has 2 N–H and O–H groups in total. The van der Waals surface area contributed by atoms with Crippen molar-refractivity contribution in [1.29, 1.82) is 0 Å². The highest BCUT2D eigenvalue weighted by Crippen LogP contribution is 2.22. The number of aliphatic imine (C=N–C) groups is 1. The van der Waals surface area contributed by atoms with Crippen molar-refractivity contribution in [2.45, 2.75) is 45.7 Å². The summed E-state index contributed by atoms with van der Waals surface area (Å²) in [5.74, 6) is 2.04. The van der Waals surface area contributed by atoms with Crippen LogP contribution in [0.4, 0.5) is 0 Å². The van der Waals surface area contributed by atoms with Crippen LogP contribution in [0.2, 0.25) is 0 Å². The first kappa shape index (κ1) is 17.1. The molecule has 0 spiro atoms. The monoisotopic (exact) mass is 318 g/mol. The fraction of sp³-hybridized carbons (Fsp3) is 0.562. The molecule has 0 atom stereocenters. The van der Waals surface area contributed by atoms with Crippen molar-refractivity contribution in [1.82, 2.24) is 25.3 Å². The lowest BCUT2D eigenvalue weighted by Crippen LogP contribution is -2.38. The van der Waals surface area contributed by atoms with Gasteiger partial charge in [0.05, 0.1) is 18.6 Å². The molecule has 0 saturated heterocycles. The highest BCUT2D eigenvalue weighted by Gasteiger charge is 2.13. The number of nitrogens with one attached hydrogen (secondary N) is 2. The number of rotatable bonds is 8. The second kappa shape index (κ2) is 8.97. The molecule has 0 aliphatic heterocycles. The topological polar surface area (TPSA) is 80.3 Å². The van der Waals surface area contributed by atoms with Crippen LogP contribution in [0.3, 0.4) is 0 Å². The van der Waals surface area contributed by atoms with E-state index in [9.17, 15) is 0 Å². The van der Waals surface area contributed by atoms with Crippen LogP contribution < -0.4 is 10.6 Å². The lowest BCUT2D eigenvalue weighted by atomic mass is 9.99. The number of aromatic nitrogens is 3. The zero-order valence-corrected chi connectivity index (χ0v) is 14.1. The van der Waals surface area contributed by atoms with Crippen LogP contribution in [0.1, 0.15) is 44.1 Å². The minimum Gasteiger partial charge on any atom is -0.359 e. The van der Waals surface area contributed by atoms with Gasteiger partial charge in [0.25, 0.3) is 0 Å². The molecule has 0 aliphatic rings. The molecule has 2 heterocycles. The molecule has 2 aromatic heterocycles. The van der Waals surface area contributed by atoms with E-state index >= 15 is 0 Å². The van der Waals surface area contributed by atoms with E-state index in [2.05, 4.69) is 39.6 Å².